The molecule has 0 bridgehead atoms. The maximum absolute atomic E-state index is 11.7. The molecule has 1 rings (SSSR count). The molecule has 1 aliphatic heterocycles. The van der Waals surface area contributed by atoms with Crippen LogP contribution in [0.2, 0.25) is 0 Å². The van der Waals surface area contributed by atoms with Gasteiger partial charge >= 0.3 is 6.18 Å². The van der Waals surface area contributed by atoms with Crippen LogP contribution in [0.5, 0.6) is 0 Å². The smallest absolute Gasteiger partial charge is 0.314 e. The zero-order chi connectivity index (χ0) is 7.61. The second kappa shape index (κ2) is 4.16. The number of hydrogen-bond donors (Lipinski definition) is 1. The van der Waals surface area contributed by atoms with Crippen LogP contribution >= 0.6 is 12.4 Å². The Bertz CT molecular complexity index is 109. The molecule has 0 aliphatic carbocycles. The SMILES string of the molecule is Cl.FC(F)(F)C[C@H]1CCCN1. The number of rotatable bonds is 1. The summed E-state index contributed by atoms with van der Waals surface area (Å²) in [6.45, 7) is 0.737. The molecule has 1 aliphatic rings. The van der Waals surface area contributed by atoms with Crippen molar-refractivity contribution in [3.05, 3.63) is 0 Å². The Labute approximate surface area is 69.8 Å². The Balaban J connectivity index is 0.000001000. The van der Waals surface area contributed by atoms with Gasteiger partial charge in [0.25, 0.3) is 0 Å². The summed E-state index contributed by atoms with van der Waals surface area (Å²) in [6, 6.07) is -0.319. The lowest BCUT2D eigenvalue weighted by atomic mass is 10.1. The molecule has 1 heterocycles. The average molecular weight is 190 g/mol. The van der Waals surface area contributed by atoms with Gasteiger partial charge in [-0.3, -0.25) is 0 Å². The largest absolute Gasteiger partial charge is 0.390 e. The number of alkyl halides is 3. The van der Waals surface area contributed by atoms with Crippen molar-refractivity contribution in [1.82, 2.24) is 5.32 Å². The molecular formula is C6H11ClF3N. The van der Waals surface area contributed by atoms with Crippen molar-refractivity contribution in [1.29, 1.82) is 0 Å². The van der Waals surface area contributed by atoms with E-state index in [1.54, 1.807) is 0 Å². The molecule has 0 amide bonds. The quantitative estimate of drug-likeness (QED) is 0.666. The first-order valence-electron chi connectivity index (χ1n) is 3.38. The van der Waals surface area contributed by atoms with Crippen LogP contribution in [0.1, 0.15) is 19.3 Å². The Hall–Kier alpha value is 0.0400. The van der Waals surface area contributed by atoms with E-state index in [2.05, 4.69) is 5.32 Å². The van der Waals surface area contributed by atoms with E-state index in [0.29, 0.717) is 6.42 Å². The minimum absolute atomic E-state index is 0. The zero-order valence-corrected chi connectivity index (χ0v) is 6.76. The van der Waals surface area contributed by atoms with Crippen molar-refractivity contribution in [2.45, 2.75) is 31.5 Å². The van der Waals surface area contributed by atoms with Gasteiger partial charge in [0.2, 0.25) is 0 Å². The van der Waals surface area contributed by atoms with E-state index in [4.69, 9.17) is 0 Å². The second-order valence-electron chi connectivity index (χ2n) is 2.61. The van der Waals surface area contributed by atoms with Crippen LogP contribution in [0.3, 0.4) is 0 Å². The third-order valence-electron chi connectivity index (χ3n) is 1.64. The first kappa shape index (κ1) is 11.0. The molecule has 0 aromatic heterocycles. The van der Waals surface area contributed by atoms with Gasteiger partial charge in [0.15, 0.2) is 0 Å². The summed E-state index contributed by atoms with van der Waals surface area (Å²) in [5, 5.41) is 2.79. The highest BCUT2D eigenvalue weighted by Gasteiger charge is 2.32. The third kappa shape index (κ3) is 4.48. The van der Waals surface area contributed by atoms with Crippen LogP contribution in [0.25, 0.3) is 0 Å². The third-order valence-corrected chi connectivity index (χ3v) is 1.64. The van der Waals surface area contributed by atoms with Crippen LogP contribution in [0.15, 0.2) is 0 Å². The topological polar surface area (TPSA) is 12.0 Å². The summed E-state index contributed by atoms with van der Waals surface area (Å²) in [5.41, 5.74) is 0. The minimum atomic E-state index is -4.00. The summed E-state index contributed by atoms with van der Waals surface area (Å²) in [6.07, 6.45) is -3.13. The highest BCUT2D eigenvalue weighted by molar-refractivity contribution is 5.85. The van der Waals surface area contributed by atoms with E-state index in [0.717, 1.165) is 13.0 Å². The lowest BCUT2D eigenvalue weighted by Gasteiger charge is -2.11. The van der Waals surface area contributed by atoms with E-state index >= 15 is 0 Å². The molecule has 0 unspecified atom stereocenters. The van der Waals surface area contributed by atoms with Gasteiger partial charge in [0, 0.05) is 6.04 Å². The summed E-state index contributed by atoms with van der Waals surface area (Å²) < 4.78 is 35.0. The molecule has 0 saturated carbocycles. The van der Waals surface area contributed by atoms with Gasteiger partial charge in [-0.15, -0.1) is 12.4 Å². The fourth-order valence-electron chi connectivity index (χ4n) is 1.21. The average Bonchev–Trinajstić information content (AvgIpc) is 2.12. The van der Waals surface area contributed by atoms with Crippen molar-refractivity contribution in [3.8, 4) is 0 Å². The van der Waals surface area contributed by atoms with Crippen molar-refractivity contribution in [2.24, 2.45) is 0 Å². The van der Waals surface area contributed by atoms with E-state index in [9.17, 15) is 13.2 Å². The molecule has 1 atom stereocenters. The fourth-order valence-corrected chi connectivity index (χ4v) is 1.21. The molecule has 1 N–H and O–H groups in total. The predicted molar refractivity (Wildman–Crippen MR) is 38.9 cm³/mol. The molecule has 0 aromatic rings. The van der Waals surface area contributed by atoms with Crippen molar-refractivity contribution in [2.75, 3.05) is 6.54 Å². The molecular weight excluding hydrogens is 179 g/mol. The van der Waals surface area contributed by atoms with E-state index in [-0.39, 0.29) is 18.4 Å². The van der Waals surface area contributed by atoms with Crippen molar-refractivity contribution in [3.63, 3.8) is 0 Å². The van der Waals surface area contributed by atoms with Gasteiger partial charge in [-0.25, -0.2) is 0 Å². The maximum atomic E-state index is 11.7. The highest BCUT2D eigenvalue weighted by Crippen LogP contribution is 2.24. The van der Waals surface area contributed by atoms with E-state index in [1.807, 2.05) is 0 Å². The normalized spacial score (nSPS) is 24.8. The Morgan fingerprint density at radius 2 is 2.00 bits per heavy atom. The van der Waals surface area contributed by atoms with Crippen LogP contribution < -0.4 is 5.32 Å². The number of hydrogen-bond acceptors (Lipinski definition) is 1. The van der Waals surface area contributed by atoms with Gasteiger partial charge in [0.1, 0.15) is 0 Å². The van der Waals surface area contributed by atoms with Gasteiger partial charge in [0.05, 0.1) is 6.42 Å². The first-order valence-corrected chi connectivity index (χ1v) is 3.38. The molecule has 5 heteroatoms. The molecule has 1 nitrogen and oxygen atoms in total. The molecule has 0 radical (unpaired) electrons. The Morgan fingerprint density at radius 3 is 2.36 bits per heavy atom. The lowest BCUT2D eigenvalue weighted by Crippen LogP contribution is -2.27. The monoisotopic (exact) mass is 189 g/mol. The predicted octanol–water partition coefficient (Wildman–Crippen LogP) is 2.11. The molecule has 1 fully saturated rings. The second-order valence-corrected chi connectivity index (χ2v) is 2.61. The Kier molecular flexibility index (Phi) is 4.18. The summed E-state index contributed by atoms with van der Waals surface area (Å²) >= 11 is 0. The summed E-state index contributed by atoms with van der Waals surface area (Å²) in [7, 11) is 0. The fraction of sp³-hybridized carbons (Fsp3) is 1.00. The van der Waals surface area contributed by atoms with Crippen LogP contribution in [0.4, 0.5) is 13.2 Å². The number of halogens is 4. The molecule has 0 aromatic carbocycles. The van der Waals surface area contributed by atoms with Gasteiger partial charge in [-0.1, -0.05) is 0 Å². The van der Waals surface area contributed by atoms with Crippen LogP contribution in [-0.4, -0.2) is 18.8 Å². The zero-order valence-electron chi connectivity index (χ0n) is 5.95. The van der Waals surface area contributed by atoms with Crippen molar-refractivity contribution < 1.29 is 13.2 Å². The lowest BCUT2D eigenvalue weighted by molar-refractivity contribution is -0.139. The van der Waals surface area contributed by atoms with Gasteiger partial charge in [-0.05, 0) is 19.4 Å². The Morgan fingerprint density at radius 1 is 1.36 bits per heavy atom. The van der Waals surface area contributed by atoms with E-state index < -0.39 is 12.6 Å². The minimum Gasteiger partial charge on any atom is -0.314 e. The molecule has 1 saturated heterocycles. The summed E-state index contributed by atoms with van der Waals surface area (Å²) in [5.74, 6) is 0. The molecule has 68 valence electrons. The van der Waals surface area contributed by atoms with Gasteiger partial charge in [-0.2, -0.15) is 13.2 Å². The van der Waals surface area contributed by atoms with Gasteiger partial charge < -0.3 is 5.32 Å². The van der Waals surface area contributed by atoms with Crippen LogP contribution in [0, 0.1) is 0 Å². The first-order chi connectivity index (χ1) is 4.58. The highest BCUT2D eigenvalue weighted by atomic mass is 35.5. The maximum Gasteiger partial charge on any atom is 0.390 e. The molecule has 0 spiro atoms. The summed E-state index contributed by atoms with van der Waals surface area (Å²) in [4.78, 5) is 0. The number of nitrogens with one attached hydrogen (secondary N) is 1. The van der Waals surface area contributed by atoms with Crippen LogP contribution in [-0.2, 0) is 0 Å². The van der Waals surface area contributed by atoms with Crippen molar-refractivity contribution >= 4 is 12.4 Å². The molecule has 11 heavy (non-hydrogen) atoms. The standard InChI is InChI=1S/C6H10F3N.ClH/c7-6(8,9)4-5-2-1-3-10-5;/h5,10H,1-4H2;1H/t5-;/m1./s1. The van der Waals surface area contributed by atoms with E-state index in [1.165, 1.54) is 0 Å².